The van der Waals surface area contributed by atoms with Gasteiger partial charge in [-0.05, 0) is 41.8 Å². The Morgan fingerprint density at radius 2 is 1.46 bits per heavy atom. The van der Waals surface area contributed by atoms with Crippen molar-refractivity contribution in [2.45, 2.75) is 12.5 Å². The van der Waals surface area contributed by atoms with Gasteiger partial charge in [0.2, 0.25) is 0 Å². The van der Waals surface area contributed by atoms with Crippen molar-refractivity contribution in [2.24, 2.45) is 0 Å². The smallest absolute Gasteiger partial charge is 0.338 e. The SMILES string of the molecule is O=C(COC(=O)c1ccc(F)cc1)N[C@H](Cc1ccccc1)c1ccccc1. The van der Waals surface area contributed by atoms with E-state index in [4.69, 9.17) is 4.74 Å². The summed E-state index contributed by atoms with van der Waals surface area (Å²) in [4.78, 5) is 24.3. The van der Waals surface area contributed by atoms with E-state index in [1.807, 2.05) is 60.7 Å². The maximum atomic E-state index is 12.9. The number of halogens is 1. The van der Waals surface area contributed by atoms with E-state index in [1.54, 1.807) is 0 Å². The zero-order valence-corrected chi connectivity index (χ0v) is 15.2. The molecule has 5 heteroatoms. The molecule has 0 saturated heterocycles. The zero-order chi connectivity index (χ0) is 19.8. The molecule has 0 unspecified atom stereocenters. The van der Waals surface area contributed by atoms with Crippen molar-refractivity contribution in [2.75, 3.05) is 6.61 Å². The number of hydrogen-bond donors (Lipinski definition) is 1. The molecule has 142 valence electrons. The van der Waals surface area contributed by atoms with Crippen LogP contribution >= 0.6 is 0 Å². The van der Waals surface area contributed by atoms with Crippen LogP contribution in [0.15, 0.2) is 84.9 Å². The lowest BCUT2D eigenvalue weighted by Gasteiger charge is -2.19. The van der Waals surface area contributed by atoms with E-state index in [-0.39, 0.29) is 11.6 Å². The monoisotopic (exact) mass is 377 g/mol. The van der Waals surface area contributed by atoms with Gasteiger partial charge >= 0.3 is 5.97 Å². The maximum Gasteiger partial charge on any atom is 0.338 e. The van der Waals surface area contributed by atoms with Crippen LogP contribution in [-0.4, -0.2) is 18.5 Å². The first-order valence-electron chi connectivity index (χ1n) is 8.93. The average molecular weight is 377 g/mol. The molecule has 0 aromatic heterocycles. The lowest BCUT2D eigenvalue weighted by Crippen LogP contribution is -2.33. The van der Waals surface area contributed by atoms with E-state index in [1.165, 1.54) is 24.3 Å². The standard InChI is InChI=1S/C23H20FNO3/c24-20-13-11-19(12-14-20)23(27)28-16-22(26)25-21(18-9-5-2-6-10-18)15-17-7-3-1-4-8-17/h1-14,21H,15-16H2,(H,25,26)/t21-/m1/s1. The Hall–Kier alpha value is -3.47. The van der Waals surface area contributed by atoms with Crippen molar-refractivity contribution in [3.63, 3.8) is 0 Å². The Labute approximate surface area is 163 Å². The van der Waals surface area contributed by atoms with Gasteiger partial charge in [-0.25, -0.2) is 9.18 Å². The number of amides is 1. The Kier molecular flexibility index (Phi) is 6.52. The van der Waals surface area contributed by atoms with Gasteiger partial charge in [0, 0.05) is 0 Å². The fourth-order valence-electron chi connectivity index (χ4n) is 2.82. The van der Waals surface area contributed by atoms with Crippen LogP contribution in [0.25, 0.3) is 0 Å². The van der Waals surface area contributed by atoms with Crippen LogP contribution in [0.1, 0.15) is 27.5 Å². The van der Waals surface area contributed by atoms with Crippen LogP contribution < -0.4 is 5.32 Å². The molecule has 0 fully saturated rings. The zero-order valence-electron chi connectivity index (χ0n) is 15.2. The Morgan fingerprint density at radius 3 is 2.11 bits per heavy atom. The fourth-order valence-corrected chi connectivity index (χ4v) is 2.82. The number of carbonyl (C=O) groups excluding carboxylic acids is 2. The van der Waals surface area contributed by atoms with E-state index in [0.29, 0.717) is 6.42 Å². The minimum atomic E-state index is -0.672. The van der Waals surface area contributed by atoms with Crippen LogP contribution in [0.5, 0.6) is 0 Å². The number of benzene rings is 3. The predicted molar refractivity (Wildman–Crippen MR) is 104 cm³/mol. The molecule has 0 aliphatic carbocycles. The third-order valence-corrected chi connectivity index (χ3v) is 4.23. The first-order valence-corrected chi connectivity index (χ1v) is 8.93. The minimum Gasteiger partial charge on any atom is -0.452 e. The van der Waals surface area contributed by atoms with Gasteiger partial charge < -0.3 is 10.1 Å². The van der Waals surface area contributed by atoms with E-state index >= 15 is 0 Å². The quantitative estimate of drug-likeness (QED) is 0.631. The summed E-state index contributed by atoms with van der Waals surface area (Å²) < 4.78 is 18.0. The highest BCUT2D eigenvalue weighted by Gasteiger charge is 2.17. The second kappa shape index (κ2) is 9.46. The first kappa shape index (κ1) is 19.3. The highest BCUT2D eigenvalue weighted by Crippen LogP contribution is 2.18. The topological polar surface area (TPSA) is 55.4 Å². The Balaban J connectivity index is 1.62. The van der Waals surface area contributed by atoms with Crippen LogP contribution in [-0.2, 0) is 16.0 Å². The molecular weight excluding hydrogens is 357 g/mol. The van der Waals surface area contributed by atoms with Crippen molar-refractivity contribution >= 4 is 11.9 Å². The number of rotatable bonds is 7. The molecule has 3 aromatic rings. The van der Waals surface area contributed by atoms with Gasteiger partial charge in [0.15, 0.2) is 6.61 Å². The van der Waals surface area contributed by atoms with Crippen molar-refractivity contribution in [3.05, 3.63) is 107 Å². The van der Waals surface area contributed by atoms with Crippen molar-refractivity contribution < 1.29 is 18.7 Å². The molecule has 0 radical (unpaired) electrons. The Morgan fingerprint density at radius 1 is 0.857 bits per heavy atom. The fraction of sp³-hybridized carbons (Fsp3) is 0.130. The van der Waals surface area contributed by atoms with Gasteiger partial charge in [-0.2, -0.15) is 0 Å². The summed E-state index contributed by atoms with van der Waals surface area (Å²) in [5.41, 5.74) is 2.24. The van der Waals surface area contributed by atoms with Crippen LogP contribution in [0.3, 0.4) is 0 Å². The normalized spacial score (nSPS) is 11.5. The van der Waals surface area contributed by atoms with Gasteiger partial charge in [-0.15, -0.1) is 0 Å². The second-order valence-electron chi connectivity index (χ2n) is 6.30. The summed E-state index contributed by atoms with van der Waals surface area (Å²) in [5, 5.41) is 2.92. The molecule has 28 heavy (non-hydrogen) atoms. The molecule has 0 spiro atoms. The lowest BCUT2D eigenvalue weighted by atomic mass is 9.99. The third-order valence-electron chi connectivity index (χ3n) is 4.23. The molecule has 0 saturated carbocycles. The van der Waals surface area contributed by atoms with Crippen molar-refractivity contribution in [3.8, 4) is 0 Å². The van der Waals surface area contributed by atoms with Crippen molar-refractivity contribution in [1.82, 2.24) is 5.32 Å². The predicted octanol–water partition coefficient (Wildman–Crippen LogP) is 4.08. The molecule has 3 rings (SSSR count). The van der Waals surface area contributed by atoms with E-state index in [2.05, 4.69) is 5.32 Å². The molecule has 0 aliphatic rings. The molecule has 4 nitrogen and oxygen atoms in total. The number of nitrogens with one attached hydrogen (secondary N) is 1. The molecule has 3 aromatic carbocycles. The van der Waals surface area contributed by atoms with E-state index < -0.39 is 24.3 Å². The highest BCUT2D eigenvalue weighted by atomic mass is 19.1. The number of ether oxygens (including phenoxy) is 1. The second-order valence-corrected chi connectivity index (χ2v) is 6.30. The molecule has 0 bridgehead atoms. The molecule has 1 N–H and O–H groups in total. The molecule has 1 amide bonds. The molecule has 1 atom stereocenters. The average Bonchev–Trinajstić information content (AvgIpc) is 2.73. The summed E-state index contributed by atoms with van der Waals surface area (Å²) in [6.07, 6.45) is 0.614. The largest absolute Gasteiger partial charge is 0.452 e. The van der Waals surface area contributed by atoms with E-state index in [0.717, 1.165) is 11.1 Å². The van der Waals surface area contributed by atoms with Crippen LogP contribution in [0.4, 0.5) is 4.39 Å². The number of esters is 1. The third kappa shape index (κ3) is 5.51. The molecular formula is C23H20FNO3. The number of carbonyl (C=O) groups is 2. The summed E-state index contributed by atoms with van der Waals surface area (Å²) in [6, 6.07) is 24.2. The van der Waals surface area contributed by atoms with Crippen LogP contribution in [0.2, 0.25) is 0 Å². The lowest BCUT2D eigenvalue weighted by molar-refractivity contribution is -0.125. The van der Waals surface area contributed by atoms with Gasteiger partial charge in [0.25, 0.3) is 5.91 Å². The van der Waals surface area contributed by atoms with Crippen LogP contribution in [0, 0.1) is 5.82 Å². The minimum absolute atomic E-state index is 0.193. The van der Waals surface area contributed by atoms with Gasteiger partial charge in [-0.1, -0.05) is 60.7 Å². The molecule has 0 aliphatic heterocycles. The summed E-state index contributed by atoms with van der Waals surface area (Å²) in [6.45, 7) is -0.408. The Bertz CT molecular complexity index is 912. The van der Waals surface area contributed by atoms with E-state index in [9.17, 15) is 14.0 Å². The number of hydrogen-bond acceptors (Lipinski definition) is 3. The maximum absolute atomic E-state index is 12.9. The first-order chi connectivity index (χ1) is 13.6. The van der Waals surface area contributed by atoms with Crippen molar-refractivity contribution in [1.29, 1.82) is 0 Å². The summed E-state index contributed by atoms with van der Waals surface area (Å²) in [7, 11) is 0. The summed E-state index contributed by atoms with van der Waals surface area (Å²) >= 11 is 0. The van der Waals surface area contributed by atoms with Gasteiger partial charge in [-0.3, -0.25) is 4.79 Å². The van der Waals surface area contributed by atoms with Gasteiger partial charge in [0.05, 0.1) is 11.6 Å². The highest BCUT2D eigenvalue weighted by molar-refractivity contribution is 5.91. The summed E-state index contributed by atoms with van der Waals surface area (Å²) in [5.74, 6) is -1.52. The van der Waals surface area contributed by atoms with Gasteiger partial charge in [0.1, 0.15) is 5.82 Å². The molecule has 0 heterocycles.